The van der Waals surface area contributed by atoms with Gasteiger partial charge in [-0.25, -0.2) is 0 Å². The van der Waals surface area contributed by atoms with Crippen molar-refractivity contribution in [3.63, 3.8) is 0 Å². The third-order valence-electron chi connectivity index (χ3n) is 2.58. The van der Waals surface area contributed by atoms with Crippen molar-refractivity contribution in [3.05, 3.63) is 21.4 Å². The molecule has 16 heavy (non-hydrogen) atoms. The van der Waals surface area contributed by atoms with E-state index in [1.54, 1.807) is 11.3 Å². The van der Waals surface area contributed by atoms with Crippen LogP contribution >= 0.6 is 11.3 Å². The second-order valence-electron chi connectivity index (χ2n) is 4.12. The first-order valence-electron chi connectivity index (χ1n) is 5.66. The molecule has 0 bridgehead atoms. The van der Waals surface area contributed by atoms with Gasteiger partial charge in [0.05, 0.1) is 4.88 Å². The summed E-state index contributed by atoms with van der Waals surface area (Å²) in [5, 5.41) is 2.91. The van der Waals surface area contributed by atoms with E-state index >= 15 is 0 Å². The van der Waals surface area contributed by atoms with E-state index in [-0.39, 0.29) is 5.91 Å². The Labute approximate surface area is 101 Å². The fourth-order valence-corrected chi connectivity index (χ4v) is 2.45. The van der Waals surface area contributed by atoms with Gasteiger partial charge in [0.15, 0.2) is 0 Å². The van der Waals surface area contributed by atoms with Crippen molar-refractivity contribution in [2.24, 2.45) is 11.7 Å². The average Bonchev–Trinajstić information content (AvgIpc) is 2.66. The highest BCUT2D eigenvalue weighted by Gasteiger charge is 2.11. The van der Waals surface area contributed by atoms with Crippen LogP contribution in [0.3, 0.4) is 0 Å². The molecule has 1 heterocycles. The van der Waals surface area contributed by atoms with Crippen molar-refractivity contribution in [3.8, 4) is 0 Å². The summed E-state index contributed by atoms with van der Waals surface area (Å²) < 4.78 is 0. The molecular formula is C12H20N2OS. The lowest BCUT2D eigenvalue weighted by molar-refractivity contribution is 0.0952. The van der Waals surface area contributed by atoms with Gasteiger partial charge < -0.3 is 11.1 Å². The predicted molar refractivity (Wildman–Crippen MR) is 69.0 cm³/mol. The van der Waals surface area contributed by atoms with Crippen LogP contribution in [0.25, 0.3) is 0 Å². The molecule has 1 aromatic heterocycles. The molecule has 1 unspecified atom stereocenters. The third-order valence-corrected chi connectivity index (χ3v) is 3.96. The molecule has 4 heteroatoms. The van der Waals surface area contributed by atoms with Gasteiger partial charge in [0.1, 0.15) is 0 Å². The number of hydrogen-bond donors (Lipinski definition) is 2. The van der Waals surface area contributed by atoms with Crippen LogP contribution in [0.15, 0.2) is 6.07 Å². The zero-order valence-electron chi connectivity index (χ0n) is 10.2. The van der Waals surface area contributed by atoms with Crippen LogP contribution in [0, 0.1) is 12.8 Å². The molecule has 0 spiro atoms. The maximum Gasteiger partial charge on any atom is 0.261 e. The van der Waals surface area contributed by atoms with E-state index in [0.29, 0.717) is 19.0 Å². The van der Waals surface area contributed by atoms with E-state index in [2.05, 4.69) is 19.2 Å². The zero-order chi connectivity index (χ0) is 12.1. The van der Waals surface area contributed by atoms with Crippen molar-refractivity contribution in [2.75, 3.05) is 13.1 Å². The summed E-state index contributed by atoms with van der Waals surface area (Å²) in [7, 11) is 0. The maximum atomic E-state index is 11.8. The molecule has 0 aliphatic carbocycles. The number of nitrogens with one attached hydrogen (secondary N) is 1. The van der Waals surface area contributed by atoms with E-state index in [1.165, 1.54) is 10.4 Å². The predicted octanol–water partition coefficient (Wildman–Crippen LogP) is 1.94. The van der Waals surface area contributed by atoms with Crippen LogP contribution in [-0.2, 0) is 6.42 Å². The minimum atomic E-state index is 0.0214. The van der Waals surface area contributed by atoms with Crippen molar-refractivity contribution in [2.45, 2.75) is 27.2 Å². The highest BCUT2D eigenvalue weighted by Crippen LogP contribution is 2.22. The summed E-state index contributed by atoms with van der Waals surface area (Å²) >= 11 is 1.58. The molecule has 0 aromatic carbocycles. The molecule has 0 aliphatic rings. The van der Waals surface area contributed by atoms with Crippen LogP contribution in [0.5, 0.6) is 0 Å². The average molecular weight is 240 g/mol. The lowest BCUT2D eigenvalue weighted by atomic mass is 10.2. The lowest BCUT2D eigenvalue weighted by Crippen LogP contribution is -2.30. The number of nitrogens with two attached hydrogens (primary N) is 1. The summed E-state index contributed by atoms with van der Waals surface area (Å²) in [4.78, 5) is 13.9. The standard InChI is InChI=1S/C12H20N2OS/c1-4-10-9(3)5-11(16-10)12(15)14-7-8(2)6-13/h5,8H,4,6-7,13H2,1-3H3,(H,14,15). The molecule has 0 aliphatic heterocycles. The number of rotatable bonds is 5. The van der Waals surface area contributed by atoms with Gasteiger partial charge in [-0.1, -0.05) is 13.8 Å². The van der Waals surface area contributed by atoms with Crippen molar-refractivity contribution >= 4 is 17.2 Å². The molecule has 1 amide bonds. The SMILES string of the molecule is CCc1sc(C(=O)NCC(C)CN)cc1C. The van der Waals surface area contributed by atoms with Gasteiger partial charge in [-0.15, -0.1) is 11.3 Å². The molecular weight excluding hydrogens is 220 g/mol. The molecule has 90 valence electrons. The Morgan fingerprint density at radius 3 is 2.81 bits per heavy atom. The molecule has 0 saturated carbocycles. The first kappa shape index (κ1) is 13.2. The number of amides is 1. The van der Waals surface area contributed by atoms with Crippen LogP contribution in [-0.4, -0.2) is 19.0 Å². The summed E-state index contributed by atoms with van der Waals surface area (Å²) in [6, 6.07) is 1.96. The zero-order valence-corrected chi connectivity index (χ0v) is 11.0. The van der Waals surface area contributed by atoms with Gasteiger partial charge in [-0.2, -0.15) is 0 Å². The van der Waals surface area contributed by atoms with Gasteiger partial charge in [0.2, 0.25) is 0 Å². The topological polar surface area (TPSA) is 55.1 Å². The van der Waals surface area contributed by atoms with Crippen LogP contribution in [0.2, 0.25) is 0 Å². The Hall–Kier alpha value is -0.870. The highest BCUT2D eigenvalue weighted by molar-refractivity contribution is 7.14. The van der Waals surface area contributed by atoms with E-state index in [9.17, 15) is 4.79 Å². The van der Waals surface area contributed by atoms with Gasteiger partial charge in [0, 0.05) is 11.4 Å². The van der Waals surface area contributed by atoms with Crippen LogP contribution < -0.4 is 11.1 Å². The van der Waals surface area contributed by atoms with E-state index < -0.39 is 0 Å². The smallest absolute Gasteiger partial charge is 0.261 e. The first-order chi connectivity index (χ1) is 7.58. The molecule has 1 atom stereocenters. The number of aryl methyl sites for hydroxylation is 2. The molecule has 1 rings (SSSR count). The largest absolute Gasteiger partial charge is 0.351 e. The van der Waals surface area contributed by atoms with Crippen molar-refractivity contribution in [1.82, 2.24) is 5.32 Å². The molecule has 0 radical (unpaired) electrons. The van der Waals surface area contributed by atoms with E-state index in [4.69, 9.17) is 5.73 Å². The fraction of sp³-hybridized carbons (Fsp3) is 0.583. The highest BCUT2D eigenvalue weighted by atomic mass is 32.1. The normalized spacial score (nSPS) is 12.5. The molecule has 0 fully saturated rings. The first-order valence-corrected chi connectivity index (χ1v) is 6.47. The molecule has 3 N–H and O–H groups in total. The van der Waals surface area contributed by atoms with Gasteiger partial charge in [-0.05, 0) is 37.4 Å². The summed E-state index contributed by atoms with van der Waals surface area (Å²) in [5.41, 5.74) is 6.71. The number of hydrogen-bond acceptors (Lipinski definition) is 3. The Kier molecular flexibility index (Phi) is 4.96. The Morgan fingerprint density at radius 2 is 2.31 bits per heavy atom. The second kappa shape index (κ2) is 6.01. The van der Waals surface area contributed by atoms with Crippen LogP contribution in [0.4, 0.5) is 0 Å². The minimum Gasteiger partial charge on any atom is -0.351 e. The molecule has 3 nitrogen and oxygen atoms in total. The molecule has 0 saturated heterocycles. The van der Waals surface area contributed by atoms with Gasteiger partial charge in [0.25, 0.3) is 5.91 Å². The number of carbonyl (C=O) groups is 1. The third kappa shape index (κ3) is 3.32. The monoisotopic (exact) mass is 240 g/mol. The van der Waals surface area contributed by atoms with Gasteiger partial charge >= 0.3 is 0 Å². The maximum absolute atomic E-state index is 11.8. The lowest BCUT2D eigenvalue weighted by Gasteiger charge is -2.08. The Morgan fingerprint density at radius 1 is 1.62 bits per heavy atom. The second-order valence-corrected chi connectivity index (χ2v) is 5.26. The number of thiophene rings is 1. The van der Waals surface area contributed by atoms with Gasteiger partial charge in [-0.3, -0.25) is 4.79 Å². The Balaban J connectivity index is 2.59. The van der Waals surface area contributed by atoms with E-state index in [1.807, 2.05) is 13.0 Å². The van der Waals surface area contributed by atoms with E-state index in [0.717, 1.165) is 11.3 Å². The quantitative estimate of drug-likeness (QED) is 0.826. The fourth-order valence-electron chi connectivity index (χ4n) is 1.42. The molecule has 1 aromatic rings. The van der Waals surface area contributed by atoms with Crippen molar-refractivity contribution in [1.29, 1.82) is 0 Å². The summed E-state index contributed by atoms with van der Waals surface area (Å²) in [5.74, 6) is 0.351. The Bertz CT molecular complexity index is 360. The summed E-state index contributed by atoms with van der Waals surface area (Å²) in [6.45, 7) is 7.43. The minimum absolute atomic E-state index is 0.0214. The summed E-state index contributed by atoms with van der Waals surface area (Å²) in [6.07, 6.45) is 0.989. The van der Waals surface area contributed by atoms with Crippen molar-refractivity contribution < 1.29 is 4.79 Å². The van der Waals surface area contributed by atoms with Crippen LogP contribution in [0.1, 0.15) is 34.0 Å². The number of carbonyl (C=O) groups excluding carboxylic acids is 1.